The third-order valence-corrected chi connectivity index (χ3v) is 6.83. The highest BCUT2D eigenvalue weighted by atomic mass is 35.5. The molecule has 4 rings (SSSR count). The fourth-order valence-electron chi connectivity index (χ4n) is 3.57. The van der Waals surface area contributed by atoms with E-state index < -0.39 is 11.9 Å². The molecule has 2 bridgehead atoms. The number of fused-ring (bicyclic) bond motifs is 2. The predicted octanol–water partition coefficient (Wildman–Crippen LogP) is 3.45. The van der Waals surface area contributed by atoms with Crippen LogP contribution < -0.4 is 0 Å². The molecule has 0 amide bonds. The van der Waals surface area contributed by atoms with Crippen molar-refractivity contribution in [3.63, 3.8) is 0 Å². The van der Waals surface area contributed by atoms with E-state index in [1.54, 1.807) is 0 Å². The summed E-state index contributed by atoms with van der Waals surface area (Å²) in [6, 6.07) is 8.07. The first kappa shape index (κ1) is 21.0. The zero-order valence-corrected chi connectivity index (χ0v) is 17.3. The molecule has 10 heteroatoms. The summed E-state index contributed by atoms with van der Waals surface area (Å²) in [6.07, 6.45) is 2.69. The molecule has 2 aliphatic heterocycles. The molecule has 1 aromatic heterocycles. The number of hydrogen-bond donors (Lipinski definition) is 2. The van der Waals surface area contributed by atoms with E-state index in [0.717, 1.165) is 21.7 Å². The molecule has 2 fully saturated rings. The molecule has 2 aromatic rings. The third kappa shape index (κ3) is 5.44. The van der Waals surface area contributed by atoms with Gasteiger partial charge in [0.05, 0.1) is 17.4 Å². The zero-order chi connectivity index (χ0) is 20.1. The third-order valence-electron chi connectivity index (χ3n) is 4.87. The van der Waals surface area contributed by atoms with Crippen LogP contribution in [0.15, 0.2) is 29.3 Å². The van der Waals surface area contributed by atoms with Crippen molar-refractivity contribution in [3.8, 4) is 0 Å². The Bertz CT molecular complexity index is 818. The fraction of sp³-hybridized carbons (Fsp3) is 0.444. The SMILES string of the molecule is Clc1ccc(CSc2nsnc2C2CN3CCCC2C3)cc1.O=C(O)C(=O)O. The van der Waals surface area contributed by atoms with Crippen LogP contribution in [-0.2, 0) is 15.3 Å². The van der Waals surface area contributed by atoms with E-state index in [2.05, 4.69) is 25.8 Å². The Morgan fingerprint density at radius 1 is 1.18 bits per heavy atom. The number of thioether (sulfide) groups is 1. The van der Waals surface area contributed by atoms with Crippen LogP contribution in [-0.4, -0.2) is 55.4 Å². The van der Waals surface area contributed by atoms with Crippen LogP contribution in [0.3, 0.4) is 0 Å². The van der Waals surface area contributed by atoms with Gasteiger partial charge in [-0.05, 0) is 43.0 Å². The van der Waals surface area contributed by atoms with Gasteiger partial charge in [-0.3, -0.25) is 0 Å². The van der Waals surface area contributed by atoms with Gasteiger partial charge in [0, 0.05) is 29.8 Å². The summed E-state index contributed by atoms with van der Waals surface area (Å²) in [7, 11) is 0. The van der Waals surface area contributed by atoms with E-state index in [0.29, 0.717) is 5.92 Å². The van der Waals surface area contributed by atoms with E-state index in [1.807, 2.05) is 23.9 Å². The smallest absolute Gasteiger partial charge is 0.414 e. The monoisotopic (exact) mass is 441 g/mol. The summed E-state index contributed by atoms with van der Waals surface area (Å²) in [6.45, 7) is 3.69. The van der Waals surface area contributed by atoms with E-state index in [4.69, 9.17) is 31.4 Å². The first-order valence-corrected chi connectivity index (χ1v) is 10.9. The van der Waals surface area contributed by atoms with Gasteiger partial charge in [-0.15, -0.1) is 0 Å². The van der Waals surface area contributed by atoms with Crippen molar-refractivity contribution < 1.29 is 19.8 Å². The molecule has 3 atom stereocenters. The average Bonchev–Trinajstić information content (AvgIpc) is 3.25. The highest BCUT2D eigenvalue weighted by molar-refractivity contribution is 7.98. The van der Waals surface area contributed by atoms with Gasteiger partial charge in [0.25, 0.3) is 0 Å². The number of rotatable bonds is 4. The van der Waals surface area contributed by atoms with Crippen LogP contribution in [0.2, 0.25) is 5.02 Å². The van der Waals surface area contributed by atoms with Crippen LogP contribution in [0, 0.1) is 5.92 Å². The molecular weight excluding hydrogens is 422 g/mol. The molecule has 2 aliphatic rings. The Hall–Kier alpha value is -1.68. The molecule has 28 heavy (non-hydrogen) atoms. The Morgan fingerprint density at radius 2 is 1.89 bits per heavy atom. The lowest BCUT2D eigenvalue weighted by atomic mass is 9.89. The van der Waals surface area contributed by atoms with Gasteiger partial charge >= 0.3 is 11.9 Å². The van der Waals surface area contributed by atoms with Gasteiger partial charge in [-0.1, -0.05) is 35.5 Å². The molecule has 0 spiro atoms. The number of carboxylic acid groups (broad SMARTS) is 2. The zero-order valence-electron chi connectivity index (χ0n) is 15.0. The number of halogens is 1. The second-order valence-electron chi connectivity index (χ2n) is 6.75. The summed E-state index contributed by atoms with van der Waals surface area (Å²) < 4.78 is 9.20. The summed E-state index contributed by atoms with van der Waals surface area (Å²) >= 11 is 9.12. The van der Waals surface area contributed by atoms with Crippen LogP contribution in [0.4, 0.5) is 0 Å². The number of benzene rings is 1. The van der Waals surface area contributed by atoms with E-state index in [-0.39, 0.29) is 0 Å². The van der Waals surface area contributed by atoms with Gasteiger partial charge in [0.15, 0.2) is 0 Å². The molecule has 7 nitrogen and oxygen atoms in total. The maximum absolute atomic E-state index is 9.10. The molecule has 3 heterocycles. The second kappa shape index (κ2) is 9.69. The van der Waals surface area contributed by atoms with Gasteiger partial charge in [0.1, 0.15) is 5.03 Å². The number of aliphatic carboxylic acids is 2. The largest absolute Gasteiger partial charge is 0.473 e. The van der Waals surface area contributed by atoms with Crippen LogP contribution in [0.25, 0.3) is 0 Å². The summed E-state index contributed by atoms with van der Waals surface area (Å²) in [5.41, 5.74) is 2.53. The van der Waals surface area contributed by atoms with Crippen molar-refractivity contribution in [1.82, 2.24) is 13.6 Å². The molecule has 2 saturated heterocycles. The highest BCUT2D eigenvalue weighted by Gasteiger charge is 2.38. The average molecular weight is 442 g/mol. The molecular formula is C18H20ClN3O4S2. The maximum Gasteiger partial charge on any atom is 0.414 e. The number of aromatic nitrogens is 2. The predicted molar refractivity (Wildman–Crippen MR) is 108 cm³/mol. The Kier molecular flexibility index (Phi) is 7.28. The maximum atomic E-state index is 9.10. The number of nitrogens with zero attached hydrogens (tertiary/aromatic N) is 3. The Labute approximate surface area is 176 Å². The normalized spacial score (nSPS) is 23.0. The first-order valence-electron chi connectivity index (χ1n) is 8.82. The van der Waals surface area contributed by atoms with Gasteiger partial charge in [0.2, 0.25) is 0 Å². The Morgan fingerprint density at radius 3 is 2.54 bits per heavy atom. The minimum Gasteiger partial charge on any atom is -0.473 e. The molecule has 150 valence electrons. The summed E-state index contributed by atoms with van der Waals surface area (Å²) in [5.74, 6) is -1.34. The quantitative estimate of drug-likeness (QED) is 0.549. The lowest BCUT2D eigenvalue weighted by Crippen LogP contribution is -2.25. The van der Waals surface area contributed by atoms with Crippen molar-refractivity contribution in [2.75, 3.05) is 19.6 Å². The van der Waals surface area contributed by atoms with Gasteiger partial charge in [-0.2, -0.15) is 8.75 Å². The minimum atomic E-state index is -1.82. The molecule has 0 saturated carbocycles. The van der Waals surface area contributed by atoms with Gasteiger partial charge < -0.3 is 15.1 Å². The van der Waals surface area contributed by atoms with Crippen molar-refractivity contribution in [2.45, 2.75) is 29.5 Å². The topological polar surface area (TPSA) is 104 Å². The molecule has 0 aliphatic carbocycles. The molecule has 0 radical (unpaired) electrons. The van der Waals surface area contributed by atoms with Crippen molar-refractivity contribution in [1.29, 1.82) is 0 Å². The highest BCUT2D eigenvalue weighted by Crippen LogP contribution is 2.41. The standard InChI is InChI=1S/C16H18ClN3S2.C2H2O4/c17-13-5-3-11(4-6-13)10-21-16-15(18-22-19-16)14-9-20-7-1-2-12(14)8-20;3-1(4)2(5)6/h3-6,12,14H,1-2,7-10H2;(H,3,4)(H,5,6). The van der Waals surface area contributed by atoms with Crippen molar-refractivity contribution >= 4 is 47.0 Å². The number of hydrogen-bond acceptors (Lipinski definition) is 7. The van der Waals surface area contributed by atoms with Crippen molar-refractivity contribution in [3.05, 3.63) is 40.5 Å². The lowest BCUT2D eigenvalue weighted by Gasteiger charge is -2.21. The second-order valence-corrected chi connectivity index (χ2v) is 8.68. The molecule has 1 aromatic carbocycles. The van der Waals surface area contributed by atoms with Crippen LogP contribution in [0.5, 0.6) is 0 Å². The molecule has 3 unspecified atom stereocenters. The van der Waals surface area contributed by atoms with Gasteiger partial charge in [-0.25, -0.2) is 9.59 Å². The van der Waals surface area contributed by atoms with E-state index >= 15 is 0 Å². The van der Waals surface area contributed by atoms with E-state index in [9.17, 15) is 0 Å². The lowest BCUT2D eigenvalue weighted by molar-refractivity contribution is -0.159. The van der Waals surface area contributed by atoms with Crippen molar-refractivity contribution in [2.24, 2.45) is 5.92 Å². The number of carboxylic acids is 2. The summed E-state index contributed by atoms with van der Waals surface area (Å²) in [5, 5.41) is 16.7. The minimum absolute atomic E-state index is 0.592. The number of carbonyl (C=O) groups is 2. The van der Waals surface area contributed by atoms with E-state index in [1.165, 1.54) is 55.5 Å². The fourth-order valence-corrected chi connectivity index (χ4v) is 5.42. The first-order chi connectivity index (χ1) is 13.4. The number of piperidine rings is 1. The Balaban J connectivity index is 0.000000330. The van der Waals surface area contributed by atoms with Crippen LogP contribution in [0.1, 0.15) is 30.0 Å². The molecule has 2 N–H and O–H groups in total. The van der Waals surface area contributed by atoms with Crippen LogP contribution >= 0.6 is 35.1 Å². The summed E-state index contributed by atoms with van der Waals surface area (Å²) in [4.78, 5) is 20.8.